The predicted octanol–water partition coefficient (Wildman–Crippen LogP) is 2.88. The number of benzene rings is 2. The van der Waals surface area contributed by atoms with Crippen LogP contribution in [0.15, 0.2) is 54.9 Å². The first-order valence-corrected chi connectivity index (χ1v) is 5.40. The minimum absolute atomic E-state index is 0.489. The summed E-state index contributed by atoms with van der Waals surface area (Å²) in [6.07, 6.45) is 1.49. The highest BCUT2D eigenvalue weighted by Crippen LogP contribution is 2.27. The lowest BCUT2D eigenvalue weighted by molar-refractivity contribution is 1.18. The molecule has 3 nitrogen and oxygen atoms in total. The van der Waals surface area contributed by atoms with Crippen molar-refractivity contribution in [3.63, 3.8) is 0 Å². The average molecular weight is 221 g/mol. The lowest BCUT2D eigenvalue weighted by atomic mass is 10.0. The number of rotatable bonds is 1. The highest BCUT2D eigenvalue weighted by molar-refractivity contribution is 5.95. The molecule has 0 aliphatic heterocycles. The average Bonchev–Trinajstić information content (AvgIpc) is 2.38. The third-order valence-electron chi connectivity index (χ3n) is 2.75. The summed E-state index contributed by atoms with van der Waals surface area (Å²) >= 11 is 0. The first-order valence-electron chi connectivity index (χ1n) is 5.40. The molecule has 0 fully saturated rings. The molecule has 0 bridgehead atoms. The summed E-state index contributed by atoms with van der Waals surface area (Å²) in [7, 11) is 0. The van der Waals surface area contributed by atoms with Gasteiger partial charge in [-0.1, -0.05) is 42.5 Å². The van der Waals surface area contributed by atoms with E-state index in [2.05, 4.69) is 28.2 Å². The molecule has 82 valence electrons. The van der Waals surface area contributed by atoms with Crippen molar-refractivity contribution >= 4 is 16.6 Å². The van der Waals surface area contributed by atoms with Gasteiger partial charge in [-0.25, -0.2) is 9.97 Å². The van der Waals surface area contributed by atoms with E-state index in [1.54, 1.807) is 6.07 Å². The van der Waals surface area contributed by atoms with Crippen molar-refractivity contribution < 1.29 is 0 Å². The van der Waals surface area contributed by atoms with Crippen LogP contribution in [0.5, 0.6) is 0 Å². The molecule has 3 heteroatoms. The van der Waals surface area contributed by atoms with Gasteiger partial charge in [0, 0.05) is 11.6 Å². The van der Waals surface area contributed by atoms with Crippen LogP contribution in [-0.2, 0) is 0 Å². The lowest BCUT2D eigenvalue weighted by Gasteiger charge is -2.05. The van der Waals surface area contributed by atoms with Crippen molar-refractivity contribution in [2.24, 2.45) is 0 Å². The number of fused-ring (bicyclic) bond motifs is 1. The van der Waals surface area contributed by atoms with E-state index < -0.39 is 0 Å². The molecular formula is C14H11N3. The van der Waals surface area contributed by atoms with Gasteiger partial charge >= 0.3 is 0 Å². The van der Waals surface area contributed by atoms with Gasteiger partial charge in [0.25, 0.3) is 0 Å². The second-order valence-electron chi connectivity index (χ2n) is 3.85. The first-order chi connectivity index (χ1) is 8.34. The maximum atomic E-state index is 5.69. The maximum absolute atomic E-state index is 5.69. The van der Waals surface area contributed by atoms with Gasteiger partial charge < -0.3 is 5.73 Å². The summed E-state index contributed by atoms with van der Waals surface area (Å²) in [4.78, 5) is 8.18. The van der Waals surface area contributed by atoms with Crippen LogP contribution < -0.4 is 5.73 Å². The lowest BCUT2D eigenvalue weighted by Crippen LogP contribution is -1.92. The van der Waals surface area contributed by atoms with Gasteiger partial charge in [-0.15, -0.1) is 0 Å². The van der Waals surface area contributed by atoms with Crippen molar-refractivity contribution in [3.8, 4) is 11.3 Å². The van der Waals surface area contributed by atoms with Gasteiger partial charge in [-0.2, -0.15) is 0 Å². The second kappa shape index (κ2) is 3.87. The van der Waals surface area contributed by atoms with E-state index in [0.717, 1.165) is 11.3 Å². The number of hydrogen-bond acceptors (Lipinski definition) is 3. The van der Waals surface area contributed by atoms with E-state index in [0.29, 0.717) is 5.82 Å². The van der Waals surface area contributed by atoms with E-state index in [1.165, 1.54) is 17.1 Å². The van der Waals surface area contributed by atoms with Crippen molar-refractivity contribution in [1.29, 1.82) is 0 Å². The summed E-state index contributed by atoms with van der Waals surface area (Å²) in [5, 5.41) is 2.37. The Bertz CT molecular complexity index is 672. The van der Waals surface area contributed by atoms with E-state index >= 15 is 0 Å². The molecule has 0 saturated carbocycles. The van der Waals surface area contributed by atoms with Crippen LogP contribution in [0.2, 0.25) is 0 Å². The fraction of sp³-hybridized carbons (Fsp3) is 0. The van der Waals surface area contributed by atoms with Crippen LogP contribution in [0.1, 0.15) is 0 Å². The third-order valence-corrected chi connectivity index (χ3v) is 2.75. The molecule has 1 aromatic heterocycles. The maximum Gasteiger partial charge on any atom is 0.127 e. The van der Waals surface area contributed by atoms with E-state index in [4.69, 9.17) is 5.73 Å². The van der Waals surface area contributed by atoms with Crippen molar-refractivity contribution in [2.75, 3.05) is 5.73 Å². The monoisotopic (exact) mass is 221 g/mol. The molecule has 3 rings (SSSR count). The van der Waals surface area contributed by atoms with Gasteiger partial charge in [0.1, 0.15) is 12.1 Å². The fourth-order valence-corrected chi connectivity index (χ4v) is 1.97. The Balaban J connectivity index is 2.30. The molecule has 2 aromatic carbocycles. The number of nitrogens with two attached hydrogens (primary N) is 1. The van der Waals surface area contributed by atoms with E-state index in [-0.39, 0.29) is 0 Å². The molecule has 2 N–H and O–H groups in total. The summed E-state index contributed by atoms with van der Waals surface area (Å²) < 4.78 is 0. The molecule has 0 spiro atoms. The normalized spacial score (nSPS) is 10.6. The van der Waals surface area contributed by atoms with Crippen LogP contribution in [-0.4, -0.2) is 9.97 Å². The molecule has 0 amide bonds. The Morgan fingerprint density at radius 2 is 1.71 bits per heavy atom. The molecule has 0 aliphatic rings. The molecule has 0 unspecified atom stereocenters. The Hall–Kier alpha value is -2.42. The summed E-state index contributed by atoms with van der Waals surface area (Å²) in [6, 6.07) is 16.2. The summed E-state index contributed by atoms with van der Waals surface area (Å²) in [5.74, 6) is 0.489. The molecular weight excluding hydrogens is 210 g/mol. The van der Waals surface area contributed by atoms with E-state index in [1.807, 2.05) is 24.3 Å². The SMILES string of the molecule is Nc1cc(-c2cccc3ccccc23)ncn1. The number of anilines is 1. The number of nitrogens with zero attached hydrogens (tertiary/aromatic N) is 2. The minimum Gasteiger partial charge on any atom is -0.384 e. The zero-order valence-corrected chi connectivity index (χ0v) is 9.17. The number of aromatic nitrogens is 2. The zero-order valence-electron chi connectivity index (χ0n) is 9.17. The quantitative estimate of drug-likeness (QED) is 0.687. The van der Waals surface area contributed by atoms with Gasteiger partial charge in [0.2, 0.25) is 0 Å². The van der Waals surface area contributed by atoms with Crippen LogP contribution in [0.25, 0.3) is 22.0 Å². The Labute approximate surface area is 98.9 Å². The van der Waals surface area contributed by atoms with Gasteiger partial charge in [-0.3, -0.25) is 0 Å². The molecule has 0 saturated heterocycles. The van der Waals surface area contributed by atoms with Crippen molar-refractivity contribution in [3.05, 3.63) is 54.9 Å². The predicted molar refractivity (Wildman–Crippen MR) is 69.4 cm³/mol. The van der Waals surface area contributed by atoms with Crippen LogP contribution in [0.3, 0.4) is 0 Å². The van der Waals surface area contributed by atoms with E-state index in [9.17, 15) is 0 Å². The fourth-order valence-electron chi connectivity index (χ4n) is 1.97. The topological polar surface area (TPSA) is 51.8 Å². The summed E-state index contributed by atoms with van der Waals surface area (Å²) in [6.45, 7) is 0. The number of hydrogen-bond donors (Lipinski definition) is 1. The van der Waals surface area contributed by atoms with Crippen molar-refractivity contribution in [1.82, 2.24) is 9.97 Å². The Morgan fingerprint density at radius 3 is 2.59 bits per heavy atom. The first kappa shape index (κ1) is 9.78. The van der Waals surface area contributed by atoms with Gasteiger partial charge in [-0.05, 0) is 10.8 Å². The summed E-state index contributed by atoms with van der Waals surface area (Å²) in [5.41, 5.74) is 7.63. The number of nitrogen functional groups attached to an aromatic ring is 1. The largest absolute Gasteiger partial charge is 0.384 e. The highest BCUT2D eigenvalue weighted by atomic mass is 14.9. The zero-order chi connectivity index (χ0) is 11.7. The molecule has 0 aliphatic carbocycles. The van der Waals surface area contributed by atoms with Gasteiger partial charge in [0.15, 0.2) is 0 Å². The molecule has 17 heavy (non-hydrogen) atoms. The van der Waals surface area contributed by atoms with Crippen LogP contribution in [0, 0.1) is 0 Å². The van der Waals surface area contributed by atoms with Gasteiger partial charge in [0.05, 0.1) is 5.69 Å². The van der Waals surface area contributed by atoms with Crippen LogP contribution >= 0.6 is 0 Å². The van der Waals surface area contributed by atoms with Crippen LogP contribution in [0.4, 0.5) is 5.82 Å². The minimum atomic E-state index is 0.489. The molecule has 3 aromatic rings. The molecule has 0 atom stereocenters. The molecule has 0 radical (unpaired) electrons. The third kappa shape index (κ3) is 1.72. The highest BCUT2D eigenvalue weighted by Gasteiger charge is 2.04. The van der Waals surface area contributed by atoms with Crippen molar-refractivity contribution in [2.45, 2.75) is 0 Å². The standard InChI is InChI=1S/C14H11N3/c15-14-8-13(16-9-17-14)12-7-3-5-10-4-1-2-6-11(10)12/h1-9H,(H2,15,16,17). The molecule has 1 heterocycles. The Kier molecular flexibility index (Phi) is 2.22. The Morgan fingerprint density at radius 1 is 0.882 bits per heavy atom. The second-order valence-corrected chi connectivity index (χ2v) is 3.85. The smallest absolute Gasteiger partial charge is 0.127 e.